The molecule has 3 fully saturated rings. The van der Waals surface area contributed by atoms with Crippen LogP contribution >= 0.6 is 12.4 Å². The molecule has 2 saturated heterocycles. The molecule has 5 nitrogen and oxygen atoms in total. The Balaban J connectivity index is 0.00000169. The average molecular weight is 353 g/mol. The van der Waals surface area contributed by atoms with Crippen LogP contribution in [-0.4, -0.2) is 46.8 Å². The van der Waals surface area contributed by atoms with Gasteiger partial charge in [0.25, 0.3) is 0 Å². The molecule has 3 aliphatic rings. The predicted molar refractivity (Wildman–Crippen MR) is 96.3 cm³/mol. The van der Waals surface area contributed by atoms with Crippen LogP contribution in [0.3, 0.4) is 0 Å². The molecule has 0 bridgehead atoms. The fraction of sp³-hybridized carbons (Fsp3) is 0.778. The maximum absolute atomic E-state index is 13.1. The Morgan fingerprint density at radius 3 is 2.75 bits per heavy atom. The fourth-order valence-corrected chi connectivity index (χ4v) is 4.99. The van der Waals surface area contributed by atoms with Gasteiger partial charge in [-0.1, -0.05) is 19.3 Å². The smallest absolute Gasteiger partial charge is 0.227 e. The zero-order valence-corrected chi connectivity index (χ0v) is 15.4. The molecule has 1 N–H and O–H groups in total. The molecule has 0 aromatic carbocycles. The molecule has 1 spiro atoms. The fourth-order valence-electron chi connectivity index (χ4n) is 4.99. The van der Waals surface area contributed by atoms with Crippen molar-refractivity contribution in [2.24, 2.45) is 18.4 Å². The summed E-state index contributed by atoms with van der Waals surface area (Å²) in [7, 11) is 1.94. The van der Waals surface area contributed by atoms with Crippen molar-refractivity contribution in [3.05, 3.63) is 18.0 Å². The SMILES string of the molecule is Cl.Cn1cc([C@H]2CNC[C@@H]2C(=O)N2CCC3(CCCCC3)C2)cn1. The molecular weight excluding hydrogens is 324 g/mol. The Labute approximate surface area is 150 Å². The van der Waals surface area contributed by atoms with Gasteiger partial charge in [0.05, 0.1) is 12.1 Å². The Kier molecular flexibility index (Phi) is 5.21. The first kappa shape index (κ1) is 17.7. The molecule has 2 atom stereocenters. The van der Waals surface area contributed by atoms with Gasteiger partial charge in [-0.25, -0.2) is 0 Å². The number of rotatable bonds is 2. The van der Waals surface area contributed by atoms with Crippen LogP contribution < -0.4 is 5.32 Å². The van der Waals surface area contributed by atoms with E-state index in [-0.39, 0.29) is 24.2 Å². The Hall–Kier alpha value is -1.07. The van der Waals surface area contributed by atoms with E-state index in [1.165, 1.54) is 44.1 Å². The summed E-state index contributed by atoms with van der Waals surface area (Å²) in [4.78, 5) is 15.3. The van der Waals surface area contributed by atoms with Crippen molar-refractivity contribution >= 4 is 18.3 Å². The summed E-state index contributed by atoms with van der Waals surface area (Å²) in [6, 6.07) is 0. The van der Waals surface area contributed by atoms with Gasteiger partial charge in [-0.05, 0) is 30.2 Å². The van der Waals surface area contributed by atoms with Gasteiger partial charge in [0.15, 0.2) is 0 Å². The van der Waals surface area contributed by atoms with E-state index >= 15 is 0 Å². The first-order valence-corrected chi connectivity index (χ1v) is 9.15. The van der Waals surface area contributed by atoms with Gasteiger partial charge >= 0.3 is 0 Å². The topological polar surface area (TPSA) is 50.2 Å². The van der Waals surface area contributed by atoms with Gasteiger partial charge in [0.1, 0.15) is 0 Å². The number of likely N-dealkylation sites (tertiary alicyclic amines) is 1. The summed E-state index contributed by atoms with van der Waals surface area (Å²) >= 11 is 0. The number of carbonyl (C=O) groups excluding carboxylic acids is 1. The van der Waals surface area contributed by atoms with E-state index in [9.17, 15) is 4.79 Å². The van der Waals surface area contributed by atoms with Crippen LogP contribution in [0.5, 0.6) is 0 Å². The molecule has 24 heavy (non-hydrogen) atoms. The standard InChI is InChI=1S/C18H28N4O.ClH/c1-21-12-14(9-20-21)15-10-19-11-16(15)17(23)22-8-7-18(13-22)5-3-2-4-6-18;/h9,12,15-16,19H,2-8,10-11,13H2,1H3;1H/t15-,16+;/m1./s1. The van der Waals surface area contributed by atoms with Gasteiger partial charge in [-0.15, -0.1) is 12.4 Å². The first-order valence-electron chi connectivity index (χ1n) is 9.15. The normalized spacial score (nSPS) is 29.0. The summed E-state index contributed by atoms with van der Waals surface area (Å²) < 4.78 is 1.84. The molecule has 1 amide bonds. The number of amides is 1. The van der Waals surface area contributed by atoms with Crippen LogP contribution in [0.25, 0.3) is 0 Å². The number of nitrogens with one attached hydrogen (secondary N) is 1. The highest BCUT2D eigenvalue weighted by atomic mass is 35.5. The van der Waals surface area contributed by atoms with E-state index in [1.807, 2.05) is 17.9 Å². The number of hydrogen-bond acceptors (Lipinski definition) is 3. The van der Waals surface area contributed by atoms with Crippen molar-refractivity contribution < 1.29 is 4.79 Å². The van der Waals surface area contributed by atoms with Crippen molar-refractivity contribution in [1.29, 1.82) is 0 Å². The van der Waals surface area contributed by atoms with E-state index in [0.29, 0.717) is 11.3 Å². The van der Waals surface area contributed by atoms with E-state index in [4.69, 9.17) is 0 Å². The number of halogens is 1. The third-order valence-electron chi connectivity index (χ3n) is 6.35. The molecule has 1 aromatic heterocycles. The molecule has 134 valence electrons. The highest BCUT2D eigenvalue weighted by molar-refractivity contribution is 5.85. The summed E-state index contributed by atoms with van der Waals surface area (Å²) in [6.07, 6.45) is 11.9. The lowest BCUT2D eigenvalue weighted by Gasteiger charge is -2.33. The summed E-state index contributed by atoms with van der Waals surface area (Å²) in [6.45, 7) is 3.67. The maximum Gasteiger partial charge on any atom is 0.227 e. The highest BCUT2D eigenvalue weighted by Gasteiger charge is 2.44. The van der Waals surface area contributed by atoms with Crippen LogP contribution in [0.15, 0.2) is 12.4 Å². The molecular formula is C18H29ClN4O. The highest BCUT2D eigenvalue weighted by Crippen LogP contribution is 2.44. The number of aryl methyl sites for hydroxylation is 1. The third kappa shape index (κ3) is 3.21. The van der Waals surface area contributed by atoms with Crippen molar-refractivity contribution in [3.63, 3.8) is 0 Å². The molecule has 1 aliphatic carbocycles. The molecule has 4 rings (SSSR count). The largest absolute Gasteiger partial charge is 0.342 e. The minimum Gasteiger partial charge on any atom is -0.342 e. The number of aromatic nitrogens is 2. The average Bonchev–Trinajstić information content (AvgIpc) is 3.27. The summed E-state index contributed by atoms with van der Waals surface area (Å²) in [5.41, 5.74) is 1.64. The van der Waals surface area contributed by atoms with Crippen molar-refractivity contribution in [1.82, 2.24) is 20.0 Å². The van der Waals surface area contributed by atoms with E-state index < -0.39 is 0 Å². The second-order valence-corrected chi connectivity index (χ2v) is 7.89. The Bertz CT molecular complexity index is 581. The number of carbonyl (C=O) groups is 1. The van der Waals surface area contributed by atoms with Crippen LogP contribution in [0.4, 0.5) is 0 Å². The van der Waals surface area contributed by atoms with Crippen LogP contribution in [0.1, 0.15) is 50.0 Å². The molecule has 1 saturated carbocycles. The van der Waals surface area contributed by atoms with Gasteiger partial charge in [0.2, 0.25) is 5.91 Å². The molecule has 1 aromatic rings. The van der Waals surface area contributed by atoms with E-state index in [1.54, 1.807) is 0 Å². The quantitative estimate of drug-likeness (QED) is 0.888. The Morgan fingerprint density at radius 2 is 2.04 bits per heavy atom. The second-order valence-electron chi connectivity index (χ2n) is 7.89. The monoisotopic (exact) mass is 352 g/mol. The Morgan fingerprint density at radius 1 is 1.25 bits per heavy atom. The second kappa shape index (κ2) is 7.04. The van der Waals surface area contributed by atoms with Gasteiger partial charge in [0, 0.05) is 45.3 Å². The summed E-state index contributed by atoms with van der Waals surface area (Å²) in [5, 5.41) is 7.71. The number of nitrogens with zero attached hydrogens (tertiary/aromatic N) is 3. The molecule has 0 radical (unpaired) electrons. The van der Waals surface area contributed by atoms with E-state index in [0.717, 1.165) is 26.2 Å². The molecule has 6 heteroatoms. The van der Waals surface area contributed by atoms with Gasteiger partial charge in [-0.3, -0.25) is 9.48 Å². The molecule has 2 aliphatic heterocycles. The molecule has 3 heterocycles. The summed E-state index contributed by atoms with van der Waals surface area (Å²) in [5.74, 6) is 0.725. The van der Waals surface area contributed by atoms with Crippen molar-refractivity contribution in [2.45, 2.75) is 44.4 Å². The maximum atomic E-state index is 13.1. The number of hydrogen-bond donors (Lipinski definition) is 1. The minimum atomic E-state index is 0. The minimum absolute atomic E-state index is 0. The zero-order chi connectivity index (χ0) is 15.9. The van der Waals surface area contributed by atoms with E-state index in [2.05, 4.69) is 21.5 Å². The van der Waals surface area contributed by atoms with Crippen LogP contribution in [0, 0.1) is 11.3 Å². The third-order valence-corrected chi connectivity index (χ3v) is 6.35. The van der Waals surface area contributed by atoms with Gasteiger partial charge < -0.3 is 10.2 Å². The van der Waals surface area contributed by atoms with Crippen molar-refractivity contribution in [3.8, 4) is 0 Å². The zero-order valence-electron chi connectivity index (χ0n) is 14.5. The van der Waals surface area contributed by atoms with Crippen LogP contribution in [0.2, 0.25) is 0 Å². The van der Waals surface area contributed by atoms with Crippen molar-refractivity contribution in [2.75, 3.05) is 26.2 Å². The van der Waals surface area contributed by atoms with Gasteiger partial charge in [-0.2, -0.15) is 5.10 Å². The lowest BCUT2D eigenvalue weighted by Crippen LogP contribution is -2.39. The van der Waals surface area contributed by atoms with Crippen LogP contribution in [-0.2, 0) is 11.8 Å². The first-order chi connectivity index (χ1) is 11.2. The lowest BCUT2D eigenvalue weighted by atomic mass is 9.73. The predicted octanol–water partition coefficient (Wildman–Crippen LogP) is 2.33. The lowest BCUT2D eigenvalue weighted by molar-refractivity contribution is -0.134. The molecule has 0 unspecified atom stereocenters.